The second-order valence-electron chi connectivity index (χ2n) is 7.30. The van der Waals surface area contributed by atoms with Gasteiger partial charge in [-0.15, -0.1) is 0 Å². The summed E-state index contributed by atoms with van der Waals surface area (Å²) >= 11 is 0. The van der Waals surface area contributed by atoms with E-state index in [4.69, 9.17) is 9.26 Å². The van der Waals surface area contributed by atoms with Crippen molar-refractivity contribution < 1.29 is 26.9 Å². The van der Waals surface area contributed by atoms with E-state index in [2.05, 4.69) is 19.8 Å². The van der Waals surface area contributed by atoms with Crippen molar-refractivity contribution in [3.05, 3.63) is 60.5 Å². The molecule has 0 amide bonds. The number of sulfonamides is 1. The Bertz CT molecular complexity index is 1150. The SMILES string of the molecule is CC(C)[C@H](NS(=O)(=O)c1ccccc1F)C(=O)OCCCc1nc(-c2cccnc2)no1. The van der Waals surface area contributed by atoms with E-state index < -0.39 is 38.7 Å². The predicted molar refractivity (Wildman–Crippen MR) is 112 cm³/mol. The van der Waals surface area contributed by atoms with Crippen LogP contribution in [-0.4, -0.2) is 42.2 Å². The fourth-order valence-electron chi connectivity index (χ4n) is 2.80. The van der Waals surface area contributed by atoms with Crippen molar-refractivity contribution in [2.24, 2.45) is 5.92 Å². The molecular formula is C21H23FN4O5S. The van der Waals surface area contributed by atoms with Crippen LogP contribution in [0.4, 0.5) is 4.39 Å². The molecule has 0 aliphatic carbocycles. The normalized spacial score (nSPS) is 12.6. The maximum atomic E-state index is 13.9. The largest absolute Gasteiger partial charge is 0.464 e. The molecule has 11 heteroatoms. The number of hydrogen-bond acceptors (Lipinski definition) is 8. The van der Waals surface area contributed by atoms with E-state index in [1.807, 2.05) is 0 Å². The van der Waals surface area contributed by atoms with E-state index in [1.54, 1.807) is 38.4 Å². The van der Waals surface area contributed by atoms with Crippen LogP contribution in [0, 0.1) is 11.7 Å². The van der Waals surface area contributed by atoms with Crippen LogP contribution in [0.5, 0.6) is 0 Å². The third-order valence-electron chi connectivity index (χ3n) is 4.50. The fourth-order valence-corrected chi connectivity index (χ4v) is 4.22. The highest BCUT2D eigenvalue weighted by Crippen LogP contribution is 2.17. The van der Waals surface area contributed by atoms with Crippen LogP contribution in [0.25, 0.3) is 11.4 Å². The molecule has 0 saturated heterocycles. The Balaban J connectivity index is 1.53. The van der Waals surface area contributed by atoms with Crippen molar-refractivity contribution in [1.82, 2.24) is 19.8 Å². The summed E-state index contributed by atoms with van der Waals surface area (Å²) < 4.78 is 51.6. The van der Waals surface area contributed by atoms with Crippen molar-refractivity contribution in [3.63, 3.8) is 0 Å². The van der Waals surface area contributed by atoms with Crippen LogP contribution in [-0.2, 0) is 26.0 Å². The van der Waals surface area contributed by atoms with Gasteiger partial charge in [0.05, 0.1) is 6.61 Å². The number of nitrogens with one attached hydrogen (secondary N) is 1. The highest BCUT2D eigenvalue weighted by molar-refractivity contribution is 7.89. The molecule has 1 aromatic carbocycles. The Morgan fingerprint density at radius 2 is 2.00 bits per heavy atom. The third kappa shape index (κ3) is 5.95. The van der Waals surface area contributed by atoms with Crippen molar-refractivity contribution in [2.45, 2.75) is 37.6 Å². The number of carbonyl (C=O) groups is 1. The molecule has 170 valence electrons. The molecular weight excluding hydrogens is 439 g/mol. The van der Waals surface area contributed by atoms with Crippen LogP contribution in [0.2, 0.25) is 0 Å². The van der Waals surface area contributed by atoms with E-state index in [1.165, 1.54) is 12.1 Å². The second-order valence-corrected chi connectivity index (χ2v) is 8.98. The molecule has 3 aromatic rings. The average molecular weight is 463 g/mol. The van der Waals surface area contributed by atoms with Gasteiger partial charge in [-0.1, -0.05) is 31.1 Å². The van der Waals surface area contributed by atoms with Gasteiger partial charge in [0.25, 0.3) is 0 Å². The van der Waals surface area contributed by atoms with Gasteiger partial charge in [-0.2, -0.15) is 9.71 Å². The molecule has 0 aliphatic heterocycles. The number of aryl methyl sites for hydroxylation is 1. The average Bonchev–Trinajstić information content (AvgIpc) is 3.24. The van der Waals surface area contributed by atoms with Gasteiger partial charge in [0.1, 0.15) is 16.8 Å². The molecule has 9 nitrogen and oxygen atoms in total. The number of hydrogen-bond donors (Lipinski definition) is 1. The topological polar surface area (TPSA) is 124 Å². The molecule has 2 heterocycles. The molecule has 0 saturated carbocycles. The number of pyridine rings is 1. The standard InChI is InChI=1S/C21H23FN4O5S/c1-14(2)19(26-32(28,29)17-9-4-3-8-16(17)22)21(27)30-12-6-10-18-24-20(25-31-18)15-7-5-11-23-13-15/h3-5,7-9,11,13-14,19,26H,6,10,12H2,1-2H3/t19-/m0/s1. The van der Waals surface area contributed by atoms with Crippen LogP contribution >= 0.6 is 0 Å². The number of esters is 1. The molecule has 3 rings (SSSR count). The van der Waals surface area contributed by atoms with Gasteiger partial charge >= 0.3 is 5.97 Å². The molecule has 2 aromatic heterocycles. The number of carbonyl (C=O) groups excluding carboxylic acids is 1. The maximum absolute atomic E-state index is 13.9. The quantitative estimate of drug-likeness (QED) is 0.360. The lowest BCUT2D eigenvalue weighted by Gasteiger charge is -2.21. The smallest absolute Gasteiger partial charge is 0.324 e. The second kappa shape index (κ2) is 10.4. The Kier molecular flexibility index (Phi) is 7.65. The summed E-state index contributed by atoms with van der Waals surface area (Å²) in [6.07, 6.45) is 4.02. The van der Waals surface area contributed by atoms with Gasteiger partial charge < -0.3 is 9.26 Å². The van der Waals surface area contributed by atoms with Crippen LogP contribution in [0.1, 0.15) is 26.2 Å². The Labute approximate surface area is 185 Å². The summed E-state index contributed by atoms with van der Waals surface area (Å²) in [5, 5.41) is 3.89. The van der Waals surface area contributed by atoms with E-state index in [0.717, 1.165) is 17.7 Å². The number of halogens is 1. The molecule has 1 N–H and O–H groups in total. The van der Waals surface area contributed by atoms with Gasteiger partial charge in [-0.05, 0) is 36.6 Å². The number of aromatic nitrogens is 3. The first-order valence-corrected chi connectivity index (χ1v) is 11.4. The predicted octanol–water partition coefficient (Wildman–Crippen LogP) is 2.75. The van der Waals surface area contributed by atoms with Crippen molar-refractivity contribution in [3.8, 4) is 11.4 Å². The molecule has 0 fully saturated rings. The van der Waals surface area contributed by atoms with Crippen molar-refractivity contribution in [1.29, 1.82) is 0 Å². The molecule has 1 atom stereocenters. The number of rotatable bonds is 10. The third-order valence-corrected chi connectivity index (χ3v) is 5.97. The number of benzene rings is 1. The molecule has 0 radical (unpaired) electrons. The van der Waals surface area contributed by atoms with Crippen LogP contribution in [0.3, 0.4) is 0 Å². The van der Waals surface area contributed by atoms with Gasteiger partial charge in [0.2, 0.25) is 21.7 Å². The molecule has 0 aliphatic rings. The van der Waals surface area contributed by atoms with Gasteiger partial charge in [0.15, 0.2) is 0 Å². The van der Waals surface area contributed by atoms with Crippen LogP contribution < -0.4 is 4.72 Å². The van der Waals surface area contributed by atoms with Crippen molar-refractivity contribution in [2.75, 3.05) is 6.61 Å². The molecule has 0 unspecified atom stereocenters. The number of nitrogens with zero attached hydrogens (tertiary/aromatic N) is 3. The first-order valence-electron chi connectivity index (χ1n) is 9.94. The van der Waals surface area contributed by atoms with Crippen molar-refractivity contribution >= 4 is 16.0 Å². The zero-order valence-corrected chi connectivity index (χ0v) is 18.4. The summed E-state index contributed by atoms with van der Waals surface area (Å²) in [5.41, 5.74) is 0.718. The lowest BCUT2D eigenvalue weighted by molar-refractivity contribution is -0.146. The highest BCUT2D eigenvalue weighted by atomic mass is 32.2. The zero-order chi connectivity index (χ0) is 23.1. The number of ether oxygens (including phenoxy) is 1. The molecule has 0 spiro atoms. The molecule has 0 bridgehead atoms. The van der Waals surface area contributed by atoms with E-state index >= 15 is 0 Å². The monoisotopic (exact) mass is 462 g/mol. The zero-order valence-electron chi connectivity index (χ0n) is 17.6. The first kappa shape index (κ1) is 23.5. The Morgan fingerprint density at radius 1 is 1.22 bits per heavy atom. The summed E-state index contributed by atoms with van der Waals surface area (Å²) in [6.45, 7) is 3.34. The first-order chi connectivity index (χ1) is 15.3. The summed E-state index contributed by atoms with van der Waals surface area (Å²) in [4.78, 5) is 20.2. The highest BCUT2D eigenvalue weighted by Gasteiger charge is 2.30. The molecule has 32 heavy (non-hydrogen) atoms. The summed E-state index contributed by atoms with van der Waals surface area (Å²) in [5.74, 6) is -1.28. The minimum atomic E-state index is -4.24. The van der Waals surface area contributed by atoms with E-state index in [-0.39, 0.29) is 6.61 Å². The van der Waals surface area contributed by atoms with E-state index in [0.29, 0.717) is 24.6 Å². The lowest BCUT2D eigenvalue weighted by atomic mass is 10.1. The summed E-state index contributed by atoms with van der Waals surface area (Å²) in [7, 11) is -4.24. The van der Waals surface area contributed by atoms with Gasteiger partial charge in [0, 0.05) is 24.4 Å². The van der Waals surface area contributed by atoms with Gasteiger partial charge in [-0.3, -0.25) is 9.78 Å². The minimum absolute atomic E-state index is 0.0219. The lowest BCUT2D eigenvalue weighted by Crippen LogP contribution is -2.45. The van der Waals surface area contributed by atoms with Gasteiger partial charge in [-0.25, -0.2) is 12.8 Å². The Morgan fingerprint density at radius 3 is 2.69 bits per heavy atom. The van der Waals surface area contributed by atoms with Crippen LogP contribution in [0.15, 0.2) is 58.2 Å². The summed E-state index contributed by atoms with van der Waals surface area (Å²) in [6, 6.07) is 7.34. The Hall–Kier alpha value is -3.18. The minimum Gasteiger partial charge on any atom is -0.464 e. The van der Waals surface area contributed by atoms with E-state index in [9.17, 15) is 17.6 Å². The maximum Gasteiger partial charge on any atom is 0.324 e. The fraction of sp³-hybridized carbons (Fsp3) is 0.333.